The number of hydrogen-bond acceptors (Lipinski definition) is 1. The van der Waals surface area contributed by atoms with Crippen molar-refractivity contribution in [1.29, 1.82) is 0 Å². The third-order valence-electron chi connectivity index (χ3n) is 2.45. The van der Waals surface area contributed by atoms with Gasteiger partial charge in [0.05, 0.1) is 0 Å². The van der Waals surface area contributed by atoms with Crippen molar-refractivity contribution in [2.75, 3.05) is 0 Å². The molecule has 86 valence electrons. The highest BCUT2D eigenvalue weighted by Crippen LogP contribution is 2.26. The Hall–Kier alpha value is -0.680. The van der Waals surface area contributed by atoms with Crippen molar-refractivity contribution in [1.82, 2.24) is 0 Å². The lowest BCUT2D eigenvalue weighted by molar-refractivity contribution is 0.0991. The molecular weight excluding hydrogens is 391 g/mol. The molecule has 0 aromatic heterocycles. The summed E-state index contributed by atoms with van der Waals surface area (Å²) in [4.78, 5) is 11.9. The average molecular weight is 401 g/mol. The van der Waals surface area contributed by atoms with E-state index in [1.165, 1.54) is 0 Å². The summed E-state index contributed by atoms with van der Waals surface area (Å²) in [6.07, 6.45) is 0. The van der Waals surface area contributed by atoms with Crippen LogP contribution in [-0.4, -0.2) is 5.78 Å². The summed E-state index contributed by atoms with van der Waals surface area (Å²) in [5, 5.41) is 0. The molecule has 1 atom stereocenters. The Morgan fingerprint density at radius 3 is 2.18 bits per heavy atom. The third kappa shape index (κ3) is 3.16. The zero-order valence-corrected chi connectivity index (χ0v) is 12.7. The second-order valence-electron chi connectivity index (χ2n) is 3.64. The number of carbonyl (C=O) groups is 1. The predicted octanol–water partition coefficient (Wildman–Crippen LogP) is 4.61. The molecule has 2 aromatic rings. The number of hydrogen-bond donors (Lipinski definition) is 0. The summed E-state index contributed by atoms with van der Waals surface area (Å²) < 4.78 is 1.13. The summed E-state index contributed by atoms with van der Waals surface area (Å²) in [5.74, 6) is 0.0904. The fourth-order valence-corrected chi connectivity index (χ4v) is 2.46. The Bertz CT molecular complexity index is 508. The van der Waals surface area contributed by atoms with Gasteiger partial charge in [-0.3, -0.25) is 4.79 Å². The summed E-state index contributed by atoms with van der Waals surface area (Å²) >= 11 is 5.68. The van der Waals surface area contributed by atoms with Crippen LogP contribution in [0.1, 0.15) is 20.7 Å². The van der Waals surface area contributed by atoms with Crippen LogP contribution in [0.2, 0.25) is 0 Å². The van der Waals surface area contributed by atoms with Crippen molar-refractivity contribution < 1.29 is 4.79 Å². The zero-order chi connectivity index (χ0) is 12.3. The highest BCUT2D eigenvalue weighted by Gasteiger charge is 2.18. The molecule has 0 N–H and O–H groups in total. The molecule has 0 amide bonds. The minimum atomic E-state index is -0.274. The highest BCUT2D eigenvalue weighted by atomic mass is 127. The lowest BCUT2D eigenvalue weighted by atomic mass is 10.0. The fourth-order valence-electron chi connectivity index (χ4n) is 1.53. The second-order valence-corrected chi connectivity index (χ2v) is 5.81. The Kier molecular flexibility index (Phi) is 4.34. The van der Waals surface area contributed by atoms with Crippen LogP contribution in [0.25, 0.3) is 0 Å². The molecule has 2 aromatic carbocycles. The molecule has 0 radical (unpaired) electrons. The summed E-state index contributed by atoms with van der Waals surface area (Å²) in [7, 11) is 0. The largest absolute Gasteiger partial charge is 0.293 e. The van der Waals surface area contributed by atoms with Crippen molar-refractivity contribution in [3.8, 4) is 0 Å². The number of benzene rings is 2. The molecule has 0 heterocycles. The molecule has 0 spiro atoms. The third-order valence-corrected chi connectivity index (χ3v) is 4.11. The van der Waals surface area contributed by atoms with E-state index in [-0.39, 0.29) is 10.6 Å². The number of rotatable bonds is 3. The first kappa shape index (κ1) is 12.8. The van der Waals surface area contributed by atoms with E-state index in [1.807, 2.05) is 54.6 Å². The Labute approximate surface area is 123 Å². The van der Waals surface area contributed by atoms with Crippen LogP contribution in [0.4, 0.5) is 0 Å². The number of carbonyl (C=O) groups excluding carboxylic acids is 1. The molecule has 0 bridgehead atoms. The van der Waals surface area contributed by atoms with Crippen LogP contribution in [0.15, 0.2) is 54.6 Å². The smallest absolute Gasteiger partial charge is 0.180 e. The van der Waals surface area contributed by atoms with Crippen molar-refractivity contribution in [3.05, 3.63) is 69.3 Å². The fraction of sp³-hybridized carbons (Fsp3) is 0.0714. The first-order valence-electron chi connectivity index (χ1n) is 5.17. The van der Waals surface area contributed by atoms with Gasteiger partial charge in [-0.15, -0.1) is 0 Å². The van der Waals surface area contributed by atoms with Crippen molar-refractivity contribution in [2.45, 2.75) is 4.83 Å². The molecule has 2 rings (SSSR count). The van der Waals surface area contributed by atoms with Crippen LogP contribution < -0.4 is 0 Å². The number of halogens is 2. The van der Waals surface area contributed by atoms with Crippen molar-refractivity contribution >= 4 is 44.3 Å². The molecule has 0 saturated heterocycles. The van der Waals surface area contributed by atoms with Gasteiger partial charge in [0.25, 0.3) is 0 Å². The van der Waals surface area contributed by atoms with Gasteiger partial charge in [-0.2, -0.15) is 0 Å². The minimum Gasteiger partial charge on any atom is -0.293 e. The standard InChI is InChI=1S/C14H10BrIO/c15-13(10-4-2-1-3-5-10)14(17)11-6-8-12(16)9-7-11/h1-9,13H. The molecule has 0 fully saturated rings. The minimum absolute atomic E-state index is 0.0904. The van der Waals surface area contributed by atoms with Crippen molar-refractivity contribution in [3.63, 3.8) is 0 Å². The zero-order valence-electron chi connectivity index (χ0n) is 8.94. The van der Waals surface area contributed by atoms with Crippen LogP contribution >= 0.6 is 38.5 Å². The van der Waals surface area contributed by atoms with Gasteiger partial charge in [0, 0.05) is 9.13 Å². The van der Waals surface area contributed by atoms with E-state index in [2.05, 4.69) is 38.5 Å². The molecule has 1 nitrogen and oxygen atoms in total. The number of Topliss-reactive ketones (excluding diaryl/α,β-unsaturated/α-hetero) is 1. The van der Waals surface area contributed by atoms with Gasteiger partial charge in [0.1, 0.15) is 4.83 Å². The normalized spacial score (nSPS) is 12.1. The van der Waals surface area contributed by atoms with E-state index >= 15 is 0 Å². The van der Waals surface area contributed by atoms with E-state index in [9.17, 15) is 4.79 Å². The quantitative estimate of drug-likeness (QED) is 0.417. The summed E-state index contributed by atoms with van der Waals surface area (Å²) in [5.41, 5.74) is 1.71. The maximum atomic E-state index is 12.2. The van der Waals surface area contributed by atoms with Gasteiger partial charge in [-0.05, 0) is 40.3 Å². The van der Waals surface area contributed by atoms with E-state index in [0.717, 1.165) is 14.7 Å². The van der Waals surface area contributed by atoms with Crippen LogP contribution in [0, 0.1) is 3.57 Å². The second kappa shape index (κ2) is 5.78. The molecule has 3 heteroatoms. The Morgan fingerprint density at radius 1 is 1.00 bits per heavy atom. The average Bonchev–Trinajstić information content (AvgIpc) is 2.39. The van der Waals surface area contributed by atoms with Crippen LogP contribution in [0.5, 0.6) is 0 Å². The van der Waals surface area contributed by atoms with Gasteiger partial charge in [0.2, 0.25) is 0 Å². The lowest BCUT2D eigenvalue weighted by Crippen LogP contribution is -2.06. The first-order chi connectivity index (χ1) is 8.18. The van der Waals surface area contributed by atoms with E-state index < -0.39 is 0 Å². The van der Waals surface area contributed by atoms with E-state index in [4.69, 9.17) is 0 Å². The van der Waals surface area contributed by atoms with Crippen molar-refractivity contribution in [2.24, 2.45) is 0 Å². The lowest BCUT2D eigenvalue weighted by Gasteiger charge is -2.09. The first-order valence-corrected chi connectivity index (χ1v) is 7.17. The van der Waals surface area contributed by atoms with E-state index in [0.29, 0.717) is 0 Å². The maximum Gasteiger partial charge on any atom is 0.180 e. The summed E-state index contributed by atoms with van der Waals surface area (Å²) in [6, 6.07) is 17.3. The highest BCUT2D eigenvalue weighted by molar-refractivity contribution is 14.1. The van der Waals surface area contributed by atoms with Crippen LogP contribution in [0.3, 0.4) is 0 Å². The van der Waals surface area contributed by atoms with Gasteiger partial charge >= 0.3 is 0 Å². The number of alkyl halides is 1. The summed E-state index contributed by atoms with van der Waals surface area (Å²) in [6.45, 7) is 0. The number of ketones is 1. The van der Waals surface area contributed by atoms with Crippen LogP contribution in [-0.2, 0) is 0 Å². The SMILES string of the molecule is O=C(c1ccc(I)cc1)C(Br)c1ccccc1. The molecule has 0 aliphatic heterocycles. The van der Waals surface area contributed by atoms with Gasteiger partial charge in [-0.1, -0.05) is 58.4 Å². The predicted molar refractivity (Wildman–Crippen MR) is 81.6 cm³/mol. The molecule has 0 aliphatic rings. The molecule has 0 saturated carbocycles. The topological polar surface area (TPSA) is 17.1 Å². The Balaban J connectivity index is 2.23. The van der Waals surface area contributed by atoms with Gasteiger partial charge < -0.3 is 0 Å². The molecule has 1 unspecified atom stereocenters. The maximum absolute atomic E-state index is 12.2. The van der Waals surface area contributed by atoms with E-state index in [1.54, 1.807) is 0 Å². The monoisotopic (exact) mass is 400 g/mol. The van der Waals surface area contributed by atoms with Gasteiger partial charge in [-0.25, -0.2) is 0 Å². The molecular formula is C14H10BrIO. The molecule has 17 heavy (non-hydrogen) atoms. The van der Waals surface area contributed by atoms with Gasteiger partial charge in [0.15, 0.2) is 5.78 Å². The molecule has 0 aliphatic carbocycles. The Morgan fingerprint density at radius 2 is 1.59 bits per heavy atom.